The van der Waals surface area contributed by atoms with E-state index in [1.165, 1.54) is 17.7 Å². The van der Waals surface area contributed by atoms with Crippen molar-refractivity contribution in [2.24, 2.45) is 0 Å². The van der Waals surface area contributed by atoms with E-state index in [9.17, 15) is 18.0 Å². The van der Waals surface area contributed by atoms with Gasteiger partial charge in [0.1, 0.15) is 6.10 Å². The first-order valence-electron chi connectivity index (χ1n) is 10.6. The second-order valence-corrected chi connectivity index (χ2v) is 8.76. The van der Waals surface area contributed by atoms with E-state index in [0.717, 1.165) is 18.1 Å². The maximum atomic E-state index is 13.3. The van der Waals surface area contributed by atoms with Crippen molar-refractivity contribution in [2.45, 2.75) is 43.6 Å². The summed E-state index contributed by atoms with van der Waals surface area (Å²) in [6.45, 7) is 1.10. The van der Waals surface area contributed by atoms with Crippen LogP contribution in [0.4, 0.5) is 23.7 Å². The van der Waals surface area contributed by atoms with Gasteiger partial charge in [-0.2, -0.15) is 13.2 Å². The summed E-state index contributed by atoms with van der Waals surface area (Å²) in [4.78, 5) is 16.4. The number of benzene rings is 2. The van der Waals surface area contributed by atoms with Gasteiger partial charge in [0.25, 0.3) is 0 Å². The number of carbonyl (C=O) groups is 1. The molecule has 5 rings (SSSR count). The van der Waals surface area contributed by atoms with Crippen LogP contribution < -0.4 is 5.32 Å². The first kappa shape index (κ1) is 21.1. The molecule has 2 atom stereocenters. The van der Waals surface area contributed by atoms with Crippen LogP contribution in [0.5, 0.6) is 0 Å². The maximum absolute atomic E-state index is 13.3. The molecule has 2 fully saturated rings. The zero-order valence-electron chi connectivity index (χ0n) is 17.1. The monoisotopic (exact) mass is 461 g/mol. The number of nitrogens with one attached hydrogen (secondary N) is 1. The highest BCUT2D eigenvalue weighted by molar-refractivity contribution is 7.80. The molecule has 2 aliphatic heterocycles. The van der Waals surface area contributed by atoms with Crippen molar-refractivity contribution in [3.8, 4) is 0 Å². The third-order valence-corrected chi connectivity index (χ3v) is 6.89. The number of piperidine rings is 1. The molecule has 2 saturated heterocycles. The van der Waals surface area contributed by atoms with E-state index in [0.29, 0.717) is 25.9 Å². The minimum Gasteiger partial charge on any atom is -0.443 e. The van der Waals surface area contributed by atoms with Crippen molar-refractivity contribution in [1.82, 2.24) is 9.80 Å². The molecule has 0 aromatic heterocycles. The summed E-state index contributed by atoms with van der Waals surface area (Å²) >= 11 is 5.40. The van der Waals surface area contributed by atoms with Crippen molar-refractivity contribution in [3.05, 3.63) is 65.2 Å². The number of hydrogen-bond donors (Lipinski definition) is 1. The van der Waals surface area contributed by atoms with Gasteiger partial charge in [-0.3, -0.25) is 4.90 Å². The average Bonchev–Trinajstić information content (AvgIpc) is 3.27. The number of para-hydroxylation sites is 1. The third kappa shape index (κ3) is 3.68. The Labute approximate surface area is 189 Å². The molecule has 0 bridgehead atoms. The highest BCUT2D eigenvalue weighted by atomic mass is 32.1. The van der Waals surface area contributed by atoms with Crippen LogP contribution in [0.15, 0.2) is 48.5 Å². The number of likely N-dealkylation sites (tertiary alicyclic amines) is 1. The highest BCUT2D eigenvalue weighted by Gasteiger charge is 2.50. The lowest BCUT2D eigenvalue weighted by atomic mass is 9.99. The first-order chi connectivity index (χ1) is 15.3. The number of nitrogens with zero attached hydrogens (tertiary/aromatic N) is 2. The Hall–Kier alpha value is -2.81. The van der Waals surface area contributed by atoms with Gasteiger partial charge in [0, 0.05) is 25.6 Å². The van der Waals surface area contributed by atoms with E-state index in [-0.39, 0.29) is 35.1 Å². The molecule has 9 heteroatoms. The van der Waals surface area contributed by atoms with Gasteiger partial charge in [-0.05, 0) is 48.3 Å². The molecule has 3 aliphatic rings. The van der Waals surface area contributed by atoms with Crippen molar-refractivity contribution >= 4 is 29.1 Å². The molecule has 0 spiro atoms. The normalized spacial score (nSPS) is 23.0. The van der Waals surface area contributed by atoms with Crippen LogP contribution in [0, 0.1) is 0 Å². The molecule has 5 nitrogen and oxygen atoms in total. The lowest BCUT2D eigenvalue weighted by Gasteiger charge is -2.39. The van der Waals surface area contributed by atoms with Gasteiger partial charge in [-0.1, -0.05) is 36.4 Å². The van der Waals surface area contributed by atoms with Gasteiger partial charge >= 0.3 is 12.3 Å². The summed E-state index contributed by atoms with van der Waals surface area (Å²) in [7, 11) is 0. The number of halogens is 3. The Morgan fingerprint density at radius 1 is 1.06 bits per heavy atom. The standard InChI is InChI=1S/C23H22F3N3O2S/c24-23(25,26)17-7-3-4-8-18(17)27-21(32)28-11-9-15(10-12-28)29-20-16-6-2-1-5-14(16)13-19(20)31-22(29)30/h1-8,15,19-20H,9-13H2,(H,27,32)/t19-,20+/m1/s1. The number of alkyl halides is 3. The Kier molecular flexibility index (Phi) is 5.23. The molecule has 2 aromatic rings. The summed E-state index contributed by atoms with van der Waals surface area (Å²) in [6.07, 6.45) is -2.83. The average molecular weight is 462 g/mol. The predicted molar refractivity (Wildman–Crippen MR) is 117 cm³/mol. The highest BCUT2D eigenvalue weighted by Crippen LogP contribution is 2.44. The predicted octanol–water partition coefficient (Wildman–Crippen LogP) is 4.98. The van der Waals surface area contributed by atoms with Crippen molar-refractivity contribution in [2.75, 3.05) is 18.4 Å². The number of rotatable bonds is 2. The zero-order chi connectivity index (χ0) is 22.5. The van der Waals surface area contributed by atoms with Crippen LogP contribution in [0.1, 0.15) is 35.6 Å². The van der Waals surface area contributed by atoms with Crippen LogP contribution in [-0.2, 0) is 17.3 Å². The van der Waals surface area contributed by atoms with E-state index < -0.39 is 11.7 Å². The van der Waals surface area contributed by atoms with Gasteiger partial charge in [0.2, 0.25) is 0 Å². The quantitative estimate of drug-likeness (QED) is 0.639. The van der Waals surface area contributed by atoms with Crippen LogP contribution in [0.25, 0.3) is 0 Å². The Morgan fingerprint density at radius 3 is 2.50 bits per heavy atom. The third-order valence-electron chi connectivity index (χ3n) is 6.53. The molecule has 168 valence electrons. The van der Waals surface area contributed by atoms with Gasteiger partial charge in [0.15, 0.2) is 5.11 Å². The molecule has 1 amide bonds. The van der Waals surface area contributed by atoms with Gasteiger partial charge < -0.3 is 15.0 Å². The van der Waals surface area contributed by atoms with Crippen molar-refractivity contribution < 1.29 is 22.7 Å². The summed E-state index contributed by atoms with van der Waals surface area (Å²) < 4.78 is 45.5. The molecular weight excluding hydrogens is 439 g/mol. The number of carbonyl (C=O) groups excluding carboxylic acids is 1. The van der Waals surface area contributed by atoms with Crippen LogP contribution >= 0.6 is 12.2 Å². The van der Waals surface area contributed by atoms with Crippen LogP contribution in [0.3, 0.4) is 0 Å². The second-order valence-electron chi connectivity index (χ2n) is 8.37. The van der Waals surface area contributed by atoms with E-state index in [4.69, 9.17) is 17.0 Å². The van der Waals surface area contributed by atoms with E-state index in [1.807, 2.05) is 21.9 Å². The number of anilines is 1. The second kappa shape index (κ2) is 7.95. The number of hydrogen-bond acceptors (Lipinski definition) is 3. The molecule has 0 saturated carbocycles. The van der Waals surface area contributed by atoms with Gasteiger partial charge in [0.05, 0.1) is 17.3 Å². The fraction of sp³-hybridized carbons (Fsp3) is 0.391. The fourth-order valence-electron chi connectivity index (χ4n) is 5.03. The number of fused-ring (bicyclic) bond motifs is 3. The van der Waals surface area contributed by atoms with E-state index in [2.05, 4.69) is 17.4 Å². The molecule has 0 radical (unpaired) electrons. The van der Waals surface area contributed by atoms with E-state index >= 15 is 0 Å². The van der Waals surface area contributed by atoms with Crippen molar-refractivity contribution in [3.63, 3.8) is 0 Å². The van der Waals surface area contributed by atoms with Crippen molar-refractivity contribution in [1.29, 1.82) is 0 Å². The molecule has 32 heavy (non-hydrogen) atoms. The topological polar surface area (TPSA) is 44.8 Å². The Balaban J connectivity index is 1.25. The largest absolute Gasteiger partial charge is 0.443 e. The smallest absolute Gasteiger partial charge is 0.418 e. The molecule has 2 aromatic carbocycles. The lowest BCUT2D eigenvalue weighted by Crippen LogP contribution is -2.48. The maximum Gasteiger partial charge on any atom is 0.418 e. The summed E-state index contributed by atoms with van der Waals surface area (Å²) in [5.74, 6) is 0. The van der Waals surface area contributed by atoms with Gasteiger partial charge in [-0.15, -0.1) is 0 Å². The Morgan fingerprint density at radius 2 is 1.75 bits per heavy atom. The molecule has 1 N–H and O–H groups in total. The molecular formula is C23H22F3N3O2S. The minimum absolute atomic E-state index is 0.00478. The molecule has 2 heterocycles. The van der Waals surface area contributed by atoms with E-state index in [1.54, 1.807) is 6.07 Å². The lowest BCUT2D eigenvalue weighted by molar-refractivity contribution is -0.136. The molecule has 1 aliphatic carbocycles. The zero-order valence-corrected chi connectivity index (χ0v) is 18.0. The number of thiocarbonyl (C=S) groups is 1. The molecule has 0 unspecified atom stereocenters. The van der Waals surface area contributed by atoms with Crippen LogP contribution in [-0.4, -0.2) is 46.2 Å². The van der Waals surface area contributed by atoms with Gasteiger partial charge in [-0.25, -0.2) is 4.79 Å². The fourth-order valence-corrected chi connectivity index (χ4v) is 5.33. The number of amides is 1. The first-order valence-corrected chi connectivity index (χ1v) is 11.0. The summed E-state index contributed by atoms with van der Waals surface area (Å²) in [6, 6.07) is 13.3. The summed E-state index contributed by atoms with van der Waals surface area (Å²) in [5, 5.41) is 3.02. The Bertz CT molecular complexity index is 1050. The number of ether oxygens (including phenoxy) is 1. The minimum atomic E-state index is -4.46. The summed E-state index contributed by atoms with van der Waals surface area (Å²) in [5.41, 5.74) is 1.56. The SMILES string of the molecule is O=C1O[C@@H]2Cc3ccccc3[C@@H]2N1C1CCN(C(=S)Nc2ccccc2C(F)(F)F)CC1. The van der Waals surface area contributed by atoms with Crippen LogP contribution in [0.2, 0.25) is 0 Å².